The van der Waals surface area contributed by atoms with Gasteiger partial charge in [-0.25, -0.2) is 0 Å². The molecule has 0 atom stereocenters. The molecule has 0 bridgehead atoms. The molecule has 50 heavy (non-hydrogen) atoms. The highest BCUT2D eigenvalue weighted by Gasteiger charge is 2.18. The monoisotopic (exact) mass is 636 g/mol. The molecule has 2 N–H and O–H groups in total. The first-order chi connectivity index (χ1) is 24.8. The smallest absolute Gasteiger partial charge is 0.0550 e. The lowest BCUT2D eigenvalue weighted by Crippen LogP contribution is -1.89. The van der Waals surface area contributed by atoms with Crippen molar-refractivity contribution in [3.8, 4) is 55.6 Å². The van der Waals surface area contributed by atoms with Gasteiger partial charge in [-0.05, 0) is 56.6 Å². The summed E-state index contributed by atoms with van der Waals surface area (Å²) >= 11 is 0. The number of nitrogens with one attached hydrogen (secondary N) is 2. The topological polar surface area (TPSA) is 31.6 Å². The molecule has 2 nitrogen and oxygen atoms in total. The number of para-hydroxylation sites is 2. The molecule has 0 saturated carbocycles. The van der Waals surface area contributed by atoms with Gasteiger partial charge in [0.05, 0.1) is 11.0 Å². The quantitative estimate of drug-likeness (QED) is 0.188. The molecule has 2 aromatic heterocycles. The second kappa shape index (κ2) is 11.5. The fourth-order valence-corrected chi connectivity index (χ4v) is 7.81. The van der Waals surface area contributed by atoms with Crippen LogP contribution in [-0.2, 0) is 0 Å². The lowest BCUT2D eigenvalue weighted by Gasteiger charge is -2.14. The summed E-state index contributed by atoms with van der Waals surface area (Å²) in [5, 5.41) is 4.99. The van der Waals surface area contributed by atoms with Gasteiger partial charge in [-0.2, -0.15) is 0 Å². The molecule has 0 fully saturated rings. The van der Waals surface area contributed by atoms with Crippen LogP contribution in [0, 0.1) is 0 Å². The Kier molecular flexibility index (Phi) is 6.53. The number of rotatable bonds is 5. The van der Waals surface area contributed by atoms with E-state index in [1.807, 2.05) is 0 Å². The molecule has 0 aliphatic rings. The van der Waals surface area contributed by atoms with Crippen LogP contribution in [-0.4, -0.2) is 9.97 Å². The number of hydrogen-bond donors (Lipinski definition) is 2. The van der Waals surface area contributed by atoms with E-state index in [9.17, 15) is 0 Å². The van der Waals surface area contributed by atoms with Gasteiger partial charge in [0.15, 0.2) is 0 Å². The normalized spacial score (nSPS) is 11.6. The van der Waals surface area contributed by atoms with Crippen LogP contribution in [0.3, 0.4) is 0 Å². The van der Waals surface area contributed by atoms with Gasteiger partial charge in [-0.3, -0.25) is 0 Å². The van der Waals surface area contributed by atoms with Gasteiger partial charge in [0.1, 0.15) is 0 Å². The van der Waals surface area contributed by atoms with E-state index in [-0.39, 0.29) is 0 Å². The third-order valence-electron chi connectivity index (χ3n) is 10.2. The van der Waals surface area contributed by atoms with E-state index in [1.54, 1.807) is 0 Å². The van der Waals surface area contributed by atoms with Gasteiger partial charge < -0.3 is 9.97 Å². The van der Waals surface area contributed by atoms with E-state index in [0.717, 1.165) is 11.0 Å². The fraction of sp³-hybridized carbons (Fsp3) is 0. The lowest BCUT2D eigenvalue weighted by atomic mass is 9.90. The Hall–Kier alpha value is -6.64. The molecule has 0 saturated heterocycles. The van der Waals surface area contributed by atoms with Crippen molar-refractivity contribution in [2.75, 3.05) is 0 Å². The van der Waals surface area contributed by atoms with Crippen LogP contribution in [0.15, 0.2) is 182 Å². The van der Waals surface area contributed by atoms with Crippen molar-refractivity contribution in [3.63, 3.8) is 0 Å². The SMILES string of the molecule is c1ccc(-c2ccc3c([nH]c4ccccc43)c2-c2ccc(-c3ccc(-c4c(-c5ccccc5)ccc5c4[nH]c4ccccc45)cc3)cc2)cc1. The van der Waals surface area contributed by atoms with Crippen LogP contribution in [0.25, 0.3) is 99.2 Å². The van der Waals surface area contributed by atoms with Gasteiger partial charge in [0, 0.05) is 43.7 Å². The first-order valence-electron chi connectivity index (χ1n) is 17.2. The minimum atomic E-state index is 1.16. The maximum absolute atomic E-state index is 3.76. The van der Waals surface area contributed by atoms with Crippen molar-refractivity contribution in [1.29, 1.82) is 0 Å². The second-order valence-electron chi connectivity index (χ2n) is 13.0. The van der Waals surface area contributed by atoms with Crippen LogP contribution in [0.4, 0.5) is 0 Å². The molecule has 0 aliphatic carbocycles. The molecule has 234 valence electrons. The third kappa shape index (κ3) is 4.57. The highest BCUT2D eigenvalue weighted by molar-refractivity contribution is 6.16. The second-order valence-corrected chi connectivity index (χ2v) is 13.0. The fourth-order valence-electron chi connectivity index (χ4n) is 7.81. The average Bonchev–Trinajstić information content (AvgIpc) is 3.77. The van der Waals surface area contributed by atoms with Crippen LogP contribution in [0.2, 0.25) is 0 Å². The summed E-state index contributed by atoms with van der Waals surface area (Å²) in [6.07, 6.45) is 0. The largest absolute Gasteiger partial charge is 0.354 e. The molecule has 2 heterocycles. The van der Waals surface area contributed by atoms with E-state index in [1.165, 1.54) is 88.2 Å². The number of benzene rings is 8. The first kappa shape index (κ1) is 28.4. The van der Waals surface area contributed by atoms with Gasteiger partial charge in [0.2, 0.25) is 0 Å². The molecule has 0 unspecified atom stereocenters. The number of fused-ring (bicyclic) bond motifs is 6. The summed E-state index contributed by atoms with van der Waals surface area (Å²) in [7, 11) is 0. The lowest BCUT2D eigenvalue weighted by molar-refractivity contribution is 1.52. The van der Waals surface area contributed by atoms with E-state index >= 15 is 0 Å². The number of H-pyrrole nitrogens is 2. The summed E-state index contributed by atoms with van der Waals surface area (Å²) in [5.74, 6) is 0. The Labute approximate surface area is 290 Å². The molecular weight excluding hydrogens is 605 g/mol. The van der Waals surface area contributed by atoms with Crippen molar-refractivity contribution in [3.05, 3.63) is 182 Å². The van der Waals surface area contributed by atoms with Crippen molar-refractivity contribution in [2.24, 2.45) is 0 Å². The van der Waals surface area contributed by atoms with Crippen molar-refractivity contribution >= 4 is 43.6 Å². The number of hydrogen-bond acceptors (Lipinski definition) is 0. The van der Waals surface area contributed by atoms with E-state index in [0.29, 0.717) is 0 Å². The highest BCUT2D eigenvalue weighted by Crippen LogP contribution is 2.43. The molecule has 0 spiro atoms. The maximum Gasteiger partial charge on any atom is 0.0550 e. The van der Waals surface area contributed by atoms with Gasteiger partial charge >= 0.3 is 0 Å². The Balaban J connectivity index is 1.07. The Morgan fingerprint density at radius 1 is 0.240 bits per heavy atom. The predicted octanol–water partition coefficient (Wildman–Crippen LogP) is 13.3. The summed E-state index contributed by atoms with van der Waals surface area (Å²) in [5.41, 5.74) is 16.8. The van der Waals surface area contributed by atoms with Crippen molar-refractivity contribution in [2.45, 2.75) is 0 Å². The minimum absolute atomic E-state index is 1.16. The molecular formula is C48H32N2. The van der Waals surface area contributed by atoms with Gasteiger partial charge in [-0.1, -0.05) is 170 Å². The van der Waals surface area contributed by atoms with Crippen LogP contribution in [0.5, 0.6) is 0 Å². The predicted molar refractivity (Wildman–Crippen MR) is 212 cm³/mol. The minimum Gasteiger partial charge on any atom is -0.354 e. The first-order valence-corrected chi connectivity index (χ1v) is 17.2. The summed E-state index contributed by atoms with van der Waals surface area (Å²) in [6.45, 7) is 0. The molecule has 10 rings (SSSR count). The highest BCUT2D eigenvalue weighted by atomic mass is 14.7. The molecule has 2 heteroatoms. The van der Waals surface area contributed by atoms with Gasteiger partial charge in [0.25, 0.3) is 0 Å². The van der Waals surface area contributed by atoms with Crippen LogP contribution >= 0.6 is 0 Å². The van der Waals surface area contributed by atoms with Gasteiger partial charge in [-0.15, -0.1) is 0 Å². The molecule has 8 aromatic carbocycles. The third-order valence-corrected chi connectivity index (χ3v) is 10.2. The molecule has 0 aliphatic heterocycles. The van der Waals surface area contributed by atoms with Crippen LogP contribution < -0.4 is 0 Å². The Morgan fingerprint density at radius 3 is 1.02 bits per heavy atom. The van der Waals surface area contributed by atoms with E-state index in [2.05, 4.69) is 192 Å². The zero-order valence-corrected chi connectivity index (χ0v) is 27.3. The average molecular weight is 637 g/mol. The summed E-state index contributed by atoms with van der Waals surface area (Å²) in [4.78, 5) is 7.52. The number of aromatic amines is 2. The standard InChI is InChI=1S/C48H32N2/c1-3-11-33(12-4-1)37-27-29-41-39-15-7-9-17-43(39)49-47(41)45(37)35-23-19-31(20-24-35)32-21-25-36(26-22-32)46-38(34-13-5-2-6-14-34)28-30-42-40-16-8-10-18-44(40)50-48(42)46/h1-30,49-50H. The zero-order chi connectivity index (χ0) is 33.0. The van der Waals surface area contributed by atoms with Crippen LogP contribution in [0.1, 0.15) is 0 Å². The van der Waals surface area contributed by atoms with Crippen molar-refractivity contribution < 1.29 is 0 Å². The maximum atomic E-state index is 3.76. The Bertz CT molecular complexity index is 2620. The number of aromatic nitrogens is 2. The summed E-state index contributed by atoms with van der Waals surface area (Å²) in [6, 6.07) is 65.7. The zero-order valence-electron chi connectivity index (χ0n) is 27.3. The van der Waals surface area contributed by atoms with E-state index < -0.39 is 0 Å². The summed E-state index contributed by atoms with van der Waals surface area (Å²) < 4.78 is 0. The van der Waals surface area contributed by atoms with E-state index in [4.69, 9.17) is 0 Å². The molecule has 0 amide bonds. The molecule has 10 aromatic rings. The molecule has 0 radical (unpaired) electrons. The van der Waals surface area contributed by atoms with Crippen molar-refractivity contribution in [1.82, 2.24) is 9.97 Å². The Morgan fingerprint density at radius 2 is 0.600 bits per heavy atom.